The van der Waals surface area contributed by atoms with E-state index in [1.165, 1.54) is 4.88 Å². The summed E-state index contributed by atoms with van der Waals surface area (Å²) in [6.07, 6.45) is 0.856. The van der Waals surface area contributed by atoms with Gasteiger partial charge >= 0.3 is 0 Å². The van der Waals surface area contributed by atoms with Gasteiger partial charge in [0.25, 0.3) is 5.91 Å². The maximum Gasteiger partial charge on any atom is 0.251 e. The van der Waals surface area contributed by atoms with Crippen molar-refractivity contribution in [2.24, 2.45) is 0 Å². The van der Waals surface area contributed by atoms with Crippen LogP contribution in [-0.4, -0.2) is 21.9 Å². The number of amides is 1. The molecular weight excluding hydrogens is 282 g/mol. The fourth-order valence-corrected chi connectivity index (χ4v) is 3.20. The number of nitrogens with one attached hydrogen (secondary N) is 2. The lowest BCUT2D eigenvalue weighted by Crippen LogP contribution is -2.33. The molecule has 1 amide bonds. The minimum atomic E-state index is -0.0480. The molecule has 0 aliphatic heterocycles. The Kier molecular flexibility index (Phi) is 3.75. The number of rotatable bonds is 4. The second-order valence-electron chi connectivity index (χ2n) is 5.21. The highest BCUT2D eigenvalue weighted by atomic mass is 32.1. The van der Waals surface area contributed by atoms with Crippen LogP contribution in [0.2, 0.25) is 0 Å². The van der Waals surface area contributed by atoms with Gasteiger partial charge in [-0.05, 0) is 43.5 Å². The molecule has 0 spiro atoms. The van der Waals surface area contributed by atoms with Crippen molar-refractivity contribution < 1.29 is 4.79 Å². The number of aromatic amines is 1. The van der Waals surface area contributed by atoms with E-state index >= 15 is 0 Å². The van der Waals surface area contributed by atoms with Crippen LogP contribution in [0.25, 0.3) is 11.0 Å². The van der Waals surface area contributed by atoms with E-state index in [2.05, 4.69) is 26.7 Å². The van der Waals surface area contributed by atoms with Gasteiger partial charge in [-0.1, -0.05) is 6.07 Å². The Morgan fingerprint density at radius 3 is 3.05 bits per heavy atom. The molecule has 0 aliphatic rings. The zero-order valence-corrected chi connectivity index (χ0v) is 12.8. The Morgan fingerprint density at radius 2 is 2.29 bits per heavy atom. The molecule has 108 valence electrons. The van der Waals surface area contributed by atoms with Crippen molar-refractivity contribution in [2.45, 2.75) is 26.3 Å². The van der Waals surface area contributed by atoms with Crippen LogP contribution in [0.15, 0.2) is 35.7 Å². The zero-order chi connectivity index (χ0) is 14.8. The van der Waals surface area contributed by atoms with Crippen LogP contribution < -0.4 is 5.32 Å². The van der Waals surface area contributed by atoms with Gasteiger partial charge in [0.05, 0.1) is 11.0 Å². The summed E-state index contributed by atoms with van der Waals surface area (Å²) in [4.78, 5) is 21.1. The van der Waals surface area contributed by atoms with Crippen molar-refractivity contribution in [1.29, 1.82) is 0 Å². The van der Waals surface area contributed by atoms with E-state index in [1.807, 2.05) is 38.1 Å². The lowest BCUT2D eigenvalue weighted by molar-refractivity contribution is 0.0940. The SMILES string of the molecule is Cc1nc2ccc(C(=O)N[C@H](C)Cc3cccs3)cc2[nH]1. The predicted octanol–water partition coefficient (Wildman–Crippen LogP) is 3.29. The fraction of sp³-hybridized carbons (Fsp3) is 0.250. The Hall–Kier alpha value is -2.14. The first-order valence-electron chi connectivity index (χ1n) is 6.91. The normalized spacial score (nSPS) is 12.5. The number of imidazole rings is 1. The first kappa shape index (κ1) is 13.8. The van der Waals surface area contributed by atoms with Crippen LogP contribution in [-0.2, 0) is 6.42 Å². The third kappa shape index (κ3) is 3.13. The molecule has 0 bridgehead atoms. The summed E-state index contributed by atoms with van der Waals surface area (Å²) < 4.78 is 0. The van der Waals surface area contributed by atoms with Crippen molar-refractivity contribution >= 4 is 28.3 Å². The number of hydrogen-bond acceptors (Lipinski definition) is 3. The number of thiophene rings is 1. The molecule has 0 aliphatic carbocycles. The lowest BCUT2D eigenvalue weighted by atomic mass is 10.1. The highest BCUT2D eigenvalue weighted by molar-refractivity contribution is 7.09. The van der Waals surface area contributed by atoms with Gasteiger partial charge < -0.3 is 10.3 Å². The summed E-state index contributed by atoms with van der Waals surface area (Å²) >= 11 is 1.71. The number of H-pyrrole nitrogens is 1. The third-order valence-electron chi connectivity index (χ3n) is 3.33. The van der Waals surface area contributed by atoms with Crippen LogP contribution in [0.5, 0.6) is 0 Å². The fourth-order valence-electron chi connectivity index (χ4n) is 2.37. The van der Waals surface area contributed by atoms with Gasteiger partial charge in [0.1, 0.15) is 5.82 Å². The van der Waals surface area contributed by atoms with E-state index in [-0.39, 0.29) is 11.9 Å². The van der Waals surface area contributed by atoms with Crippen LogP contribution in [0.3, 0.4) is 0 Å². The van der Waals surface area contributed by atoms with Crippen molar-refractivity contribution in [1.82, 2.24) is 15.3 Å². The molecule has 1 atom stereocenters. The number of carbonyl (C=O) groups excluding carboxylic acids is 1. The summed E-state index contributed by atoms with van der Waals surface area (Å²) in [7, 11) is 0. The number of benzene rings is 1. The summed E-state index contributed by atoms with van der Waals surface area (Å²) in [6.45, 7) is 3.93. The Bertz CT molecular complexity index is 761. The van der Waals surface area contributed by atoms with Gasteiger partial charge in [-0.25, -0.2) is 4.98 Å². The van der Waals surface area contributed by atoms with E-state index in [9.17, 15) is 4.79 Å². The predicted molar refractivity (Wildman–Crippen MR) is 85.8 cm³/mol. The molecule has 2 N–H and O–H groups in total. The number of nitrogens with zero attached hydrogens (tertiary/aromatic N) is 1. The first-order chi connectivity index (χ1) is 10.1. The summed E-state index contributed by atoms with van der Waals surface area (Å²) in [5.41, 5.74) is 2.44. The lowest BCUT2D eigenvalue weighted by Gasteiger charge is -2.13. The second-order valence-corrected chi connectivity index (χ2v) is 6.24. The molecule has 0 saturated carbocycles. The molecular formula is C16H17N3OS. The van der Waals surface area contributed by atoms with Crippen molar-refractivity contribution in [3.8, 4) is 0 Å². The van der Waals surface area contributed by atoms with E-state index in [0.717, 1.165) is 23.3 Å². The number of fused-ring (bicyclic) bond motifs is 1. The molecule has 0 radical (unpaired) electrons. The number of aryl methyl sites for hydroxylation is 1. The average molecular weight is 299 g/mol. The van der Waals surface area contributed by atoms with E-state index in [4.69, 9.17) is 0 Å². The van der Waals surface area contributed by atoms with Crippen molar-refractivity contribution in [3.05, 3.63) is 52.0 Å². The van der Waals surface area contributed by atoms with E-state index < -0.39 is 0 Å². The maximum absolute atomic E-state index is 12.3. The monoisotopic (exact) mass is 299 g/mol. The average Bonchev–Trinajstić information content (AvgIpc) is 3.05. The Balaban J connectivity index is 1.71. The molecule has 3 aromatic rings. The van der Waals surface area contributed by atoms with Crippen LogP contribution in [0.1, 0.15) is 28.0 Å². The first-order valence-corrected chi connectivity index (χ1v) is 7.79. The molecule has 4 nitrogen and oxygen atoms in total. The van der Waals surface area contributed by atoms with E-state index in [0.29, 0.717) is 5.56 Å². The van der Waals surface area contributed by atoms with Crippen molar-refractivity contribution in [2.75, 3.05) is 0 Å². The van der Waals surface area contributed by atoms with E-state index in [1.54, 1.807) is 11.3 Å². The number of hydrogen-bond donors (Lipinski definition) is 2. The highest BCUT2D eigenvalue weighted by Gasteiger charge is 2.12. The van der Waals surface area contributed by atoms with Gasteiger partial charge in [-0.2, -0.15) is 0 Å². The van der Waals surface area contributed by atoms with Gasteiger partial charge in [0.2, 0.25) is 0 Å². The molecule has 5 heteroatoms. The molecule has 0 saturated heterocycles. The van der Waals surface area contributed by atoms with Crippen LogP contribution in [0, 0.1) is 6.92 Å². The third-order valence-corrected chi connectivity index (χ3v) is 4.23. The highest BCUT2D eigenvalue weighted by Crippen LogP contribution is 2.14. The van der Waals surface area contributed by atoms with Crippen LogP contribution in [0.4, 0.5) is 0 Å². The summed E-state index contributed by atoms with van der Waals surface area (Å²) in [5.74, 6) is 0.807. The second kappa shape index (κ2) is 5.69. The summed E-state index contributed by atoms with van der Waals surface area (Å²) in [6, 6.07) is 9.77. The largest absolute Gasteiger partial charge is 0.349 e. The molecule has 0 unspecified atom stereocenters. The Labute approximate surface area is 127 Å². The van der Waals surface area contributed by atoms with Gasteiger partial charge in [0.15, 0.2) is 0 Å². The molecule has 3 rings (SSSR count). The van der Waals surface area contributed by atoms with Gasteiger partial charge in [-0.3, -0.25) is 4.79 Å². The van der Waals surface area contributed by atoms with Crippen LogP contribution >= 0.6 is 11.3 Å². The van der Waals surface area contributed by atoms with Gasteiger partial charge in [0, 0.05) is 22.9 Å². The molecule has 2 heterocycles. The molecule has 0 fully saturated rings. The topological polar surface area (TPSA) is 57.8 Å². The minimum absolute atomic E-state index is 0.0480. The van der Waals surface area contributed by atoms with Crippen molar-refractivity contribution in [3.63, 3.8) is 0 Å². The number of aromatic nitrogens is 2. The maximum atomic E-state index is 12.3. The quantitative estimate of drug-likeness (QED) is 0.776. The minimum Gasteiger partial charge on any atom is -0.349 e. The Morgan fingerprint density at radius 1 is 1.43 bits per heavy atom. The van der Waals surface area contributed by atoms with Gasteiger partial charge in [-0.15, -0.1) is 11.3 Å². The molecule has 21 heavy (non-hydrogen) atoms. The zero-order valence-electron chi connectivity index (χ0n) is 12.0. The summed E-state index contributed by atoms with van der Waals surface area (Å²) in [5, 5.41) is 5.09. The molecule has 1 aromatic carbocycles. The molecule has 2 aromatic heterocycles. The standard InChI is InChI=1S/C16H17N3OS/c1-10(8-13-4-3-7-21-13)17-16(20)12-5-6-14-15(9-12)19-11(2)18-14/h3-7,9-10H,8H2,1-2H3,(H,17,20)(H,18,19)/t10-/m1/s1. The smallest absolute Gasteiger partial charge is 0.251 e. The number of carbonyl (C=O) groups is 1.